The number of fused-ring (bicyclic) bond motifs is 4. The molecular weight excluding hydrogens is 466 g/mol. The third kappa shape index (κ3) is 2.94. The predicted octanol–water partition coefficient (Wildman–Crippen LogP) is 3.60. The molecule has 0 aromatic rings. The SMILES string of the molecule is C[C@]12CC(O)=C3C=C4[C@H]5OC6O[C@]4(CC[C@H]3[C@@H]1CCC21OCCO1)CC([C@H]5O[Si](C)(C)C)N6C=O. The summed E-state index contributed by atoms with van der Waals surface area (Å²) in [4.78, 5) is 13.7. The Morgan fingerprint density at radius 2 is 1.97 bits per heavy atom. The van der Waals surface area contributed by atoms with Gasteiger partial charge in [0.15, 0.2) is 14.1 Å². The average Bonchev–Trinajstić information content (AvgIpc) is 3.32. The second kappa shape index (κ2) is 7.20. The van der Waals surface area contributed by atoms with Gasteiger partial charge in [-0.2, -0.15) is 0 Å². The van der Waals surface area contributed by atoms with Crippen LogP contribution in [-0.2, 0) is 28.2 Å². The van der Waals surface area contributed by atoms with Gasteiger partial charge in [-0.1, -0.05) is 13.0 Å². The zero-order valence-electron chi connectivity index (χ0n) is 21.1. The standard InChI is InChI=1S/C26H37NO7Si/c1-24-13-20(29)16-11-18-21-22(34-35(2,3)4)19-12-25(18,33-23(32-21)27(19)14-28)7-5-15(16)17(24)6-8-26(24)30-9-10-31-26/h11,14-15,17,19,21-23,29H,5-10,12-13H2,1-4H3/t15-,17+,19?,21-,22-,23?,24+,25-/m1/s1. The topological polar surface area (TPSA) is 86.7 Å². The van der Waals surface area contributed by atoms with Crippen LogP contribution in [0.15, 0.2) is 23.0 Å². The Morgan fingerprint density at radius 3 is 2.69 bits per heavy atom. The van der Waals surface area contributed by atoms with Gasteiger partial charge in [-0.3, -0.25) is 9.69 Å². The van der Waals surface area contributed by atoms with Crippen LogP contribution in [0, 0.1) is 17.3 Å². The van der Waals surface area contributed by atoms with Crippen LogP contribution in [0.25, 0.3) is 0 Å². The largest absolute Gasteiger partial charge is 0.512 e. The van der Waals surface area contributed by atoms with Crippen LogP contribution < -0.4 is 0 Å². The van der Waals surface area contributed by atoms with Crippen molar-refractivity contribution in [1.82, 2.24) is 4.90 Å². The monoisotopic (exact) mass is 503 g/mol. The Hall–Kier alpha value is -1.23. The van der Waals surface area contributed by atoms with Gasteiger partial charge in [-0.05, 0) is 61.9 Å². The van der Waals surface area contributed by atoms with Crippen molar-refractivity contribution in [3.8, 4) is 0 Å². The highest BCUT2D eigenvalue weighted by Crippen LogP contribution is 2.65. The fraction of sp³-hybridized carbons (Fsp3) is 0.808. The summed E-state index contributed by atoms with van der Waals surface area (Å²) < 4.78 is 32.0. The normalized spacial score (nSPS) is 47.4. The molecule has 0 aromatic heterocycles. The van der Waals surface area contributed by atoms with Crippen LogP contribution in [0.4, 0.5) is 0 Å². The second-order valence-electron chi connectivity index (χ2n) is 12.8. The van der Waals surface area contributed by atoms with Crippen molar-refractivity contribution in [3.05, 3.63) is 23.0 Å². The van der Waals surface area contributed by atoms with E-state index in [4.69, 9.17) is 23.4 Å². The molecule has 2 unspecified atom stereocenters. The molecule has 4 bridgehead atoms. The number of carbonyl (C=O) groups excluding carboxylic acids is 1. The van der Waals surface area contributed by atoms with Crippen molar-refractivity contribution in [3.63, 3.8) is 0 Å². The Kier molecular flexibility index (Phi) is 4.72. The van der Waals surface area contributed by atoms with E-state index in [0.717, 1.165) is 43.2 Å². The molecule has 2 saturated carbocycles. The van der Waals surface area contributed by atoms with Crippen LogP contribution in [0.1, 0.15) is 45.4 Å². The second-order valence-corrected chi connectivity index (χ2v) is 17.3. The Balaban J connectivity index is 1.30. The minimum absolute atomic E-state index is 0.0584. The smallest absolute Gasteiger partial charge is 0.244 e. The summed E-state index contributed by atoms with van der Waals surface area (Å²) in [5.41, 5.74) is 1.40. The highest BCUT2D eigenvalue weighted by atomic mass is 28.4. The van der Waals surface area contributed by atoms with Gasteiger partial charge in [-0.15, -0.1) is 0 Å². The lowest BCUT2D eigenvalue weighted by molar-refractivity contribution is -0.379. The van der Waals surface area contributed by atoms with Crippen LogP contribution in [0.2, 0.25) is 19.6 Å². The van der Waals surface area contributed by atoms with Crippen LogP contribution >= 0.6 is 0 Å². The molecule has 8 aliphatic rings. The van der Waals surface area contributed by atoms with Gasteiger partial charge in [0, 0.05) is 24.7 Å². The van der Waals surface area contributed by atoms with Crippen molar-refractivity contribution in [1.29, 1.82) is 0 Å². The molecular formula is C26H37NO7Si. The van der Waals surface area contributed by atoms with Gasteiger partial charge < -0.3 is 28.5 Å². The maximum Gasteiger partial charge on any atom is 0.244 e. The van der Waals surface area contributed by atoms with E-state index >= 15 is 0 Å². The molecule has 4 heterocycles. The predicted molar refractivity (Wildman–Crippen MR) is 128 cm³/mol. The zero-order chi connectivity index (χ0) is 24.4. The molecule has 6 fully saturated rings. The first-order valence-corrected chi connectivity index (χ1v) is 16.7. The van der Waals surface area contributed by atoms with E-state index in [9.17, 15) is 9.90 Å². The molecule has 4 saturated heterocycles. The molecule has 192 valence electrons. The van der Waals surface area contributed by atoms with Crippen molar-refractivity contribution < 1.29 is 33.3 Å². The van der Waals surface area contributed by atoms with E-state index in [1.54, 1.807) is 4.90 Å². The molecule has 0 aromatic carbocycles. The molecule has 1 N–H and O–H groups in total. The maximum absolute atomic E-state index is 12.0. The maximum atomic E-state index is 12.0. The molecule has 35 heavy (non-hydrogen) atoms. The number of aliphatic hydroxyl groups excluding tert-OH is 1. The summed E-state index contributed by atoms with van der Waals surface area (Å²) in [7, 11) is -1.91. The summed E-state index contributed by atoms with van der Waals surface area (Å²) >= 11 is 0. The lowest BCUT2D eigenvalue weighted by atomic mass is 9.61. The number of amides is 1. The first-order valence-electron chi connectivity index (χ1n) is 13.3. The highest BCUT2D eigenvalue weighted by molar-refractivity contribution is 6.69. The third-order valence-corrected chi connectivity index (χ3v) is 11.0. The van der Waals surface area contributed by atoms with Gasteiger partial charge in [0.2, 0.25) is 12.8 Å². The molecule has 9 heteroatoms. The summed E-state index contributed by atoms with van der Waals surface area (Å²) in [5, 5.41) is 11.5. The van der Waals surface area contributed by atoms with E-state index in [1.165, 1.54) is 0 Å². The van der Waals surface area contributed by atoms with Gasteiger partial charge in [0.25, 0.3) is 0 Å². The van der Waals surface area contributed by atoms with E-state index in [1.807, 2.05) is 0 Å². The number of carbonyl (C=O) groups is 1. The van der Waals surface area contributed by atoms with Gasteiger partial charge in [0.1, 0.15) is 6.10 Å². The Morgan fingerprint density at radius 1 is 1.20 bits per heavy atom. The summed E-state index contributed by atoms with van der Waals surface area (Å²) in [6, 6.07) is -0.0584. The van der Waals surface area contributed by atoms with Crippen LogP contribution in [-0.4, -0.2) is 74.0 Å². The number of allylic oxidation sites excluding steroid dienone is 3. The Labute approximate surface area is 207 Å². The molecule has 0 radical (unpaired) electrons. The van der Waals surface area contributed by atoms with Crippen molar-refractivity contribution in [2.75, 3.05) is 13.2 Å². The minimum atomic E-state index is -1.91. The van der Waals surface area contributed by atoms with Gasteiger partial charge in [0.05, 0.1) is 36.7 Å². The van der Waals surface area contributed by atoms with E-state index < -0.39 is 26.1 Å². The first kappa shape index (κ1) is 22.9. The van der Waals surface area contributed by atoms with E-state index in [2.05, 4.69) is 32.6 Å². The van der Waals surface area contributed by atoms with Gasteiger partial charge >= 0.3 is 0 Å². The average molecular weight is 504 g/mol. The fourth-order valence-corrected chi connectivity index (χ4v) is 9.73. The van der Waals surface area contributed by atoms with Crippen molar-refractivity contribution in [2.45, 2.75) is 101 Å². The number of nitrogens with zero attached hydrogens (tertiary/aromatic N) is 1. The molecule has 8 atom stereocenters. The van der Waals surface area contributed by atoms with E-state index in [-0.39, 0.29) is 29.6 Å². The highest BCUT2D eigenvalue weighted by Gasteiger charge is 2.68. The third-order valence-electron chi connectivity index (χ3n) is 10.0. The van der Waals surface area contributed by atoms with E-state index in [0.29, 0.717) is 37.7 Å². The molecule has 1 amide bonds. The number of ether oxygens (including phenoxy) is 4. The molecule has 8 rings (SSSR count). The lowest BCUT2D eigenvalue weighted by Gasteiger charge is -2.63. The number of rotatable bonds is 3. The minimum Gasteiger partial charge on any atom is -0.512 e. The molecule has 4 aliphatic carbocycles. The van der Waals surface area contributed by atoms with Crippen molar-refractivity contribution in [2.24, 2.45) is 17.3 Å². The zero-order valence-corrected chi connectivity index (χ0v) is 22.1. The van der Waals surface area contributed by atoms with Crippen LogP contribution in [0.3, 0.4) is 0 Å². The van der Waals surface area contributed by atoms with Crippen molar-refractivity contribution >= 4 is 14.7 Å². The molecule has 2 spiro atoms. The van der Waals surface area contributed by atoms with Gasteiger partial charge in [-0.25, -0.2) is 0 Å². The number of hydrogen-bond acceptors (Lipinski definition) is 7. The molecule has 8 nitrogen and oxygen atoms in total. The molecule has 4 aliphatic heterocycles. The fourth-order valence-electron chi connectivity index (χ4n) is 8.64. The summed E-state index contributed by atoms with van der Waals surface area (Å²) in [6.07, 6.45) is 6.84. The quantitative estimate of drug-likeness (QED) is 0.465. The number of hydrogen-bond donors (Lipinski definition) is 1. The Bertz CT molecular complexity index is 1020. The number of aliphatic hydroxyl groups is 1. The summed E-state index contributed by atoms with van der Waals surface area (Å²) in [5.74, 6) is 0.452. The lowest BCUT2D eigenvalue weighted by Crippen LogP contribution is -2.75. The first-order chi connectivity index (χ1) is 16.6. The summed E-state index contributed by atoms with van der Waals surface area (Å²) in [6.45, 7) is 10.0. The van der Waals surface area contributed by atoms with Crippen LogP contribution in [0.5, 0.6) is 0 Å².